The molecule has 0 aliphatic carbocycles. The monoisotopic (exact) mass is 1330 g/mol. The van der Waals surface area contributed by atoms with Crippen molar-refractivity contribution in [2.45, 2.75) is 439 Å². The number of unbranched alkanes of at least 4 members (excludes halogenated alkanes) is 46. The van der Waals surface area contributed by atoms with Crippen LogP contribution >= 0.6 is 0 Å². The number of nitrogens with one attached hydrogen (secondary N) is 1. The number of rotatable bonds is 62. The molecule has 3 saturated heterocycles. The van der Waals surface area contributed by atoms with E-state index in [0.717, 1.165) is 44.9 Å². The quantitative estimate of drug-likeness (QED) is 0.0252. The number of aliphatic hydroxyl groups excluding tert-OH is 11. The fourth-order valence-electron chi connectivity index (χ4n) is 13.7. The molecule has 552 valence electrons. The Balaban J connectivity index is 1.39. The molecule has 3 fully saturated rings. The number of ether oxygens (including phenoxy) is 6. The summed E-state index contributed by atoms with van der Waals surface area (Å²) < 4.78 is 34.5. The molecule has 0 saturated carbocycles. The summed E-state index contributed by atoms with van der Waals surface area (Å²) in [5.41, 5.74) is 0. The molecule has 19 nitrogen and oxygen atoms in total. The third kappa shape index (κ3) is 37.7. The highest BCUT2D eigenvalue weighted by Crippen LogP contribution is 2.33. The van der Waals surface area contributed by atoms with Crippen LogP contribution in [0.2, 0.25) is 0 Å². The first-order valence-corrected chi connectivity index (χ1v) is 38.8. The predicted octanol–water partition coefficient (Wildman–Crippen LogP) is 11.8. The minimum Gasteiger partial charge on any atom is -0.394 e. The van der Waals surface area contributed by atoms with Gasteiger partial charge in [0, 0.05) is 6.42 Å². The Morgan fingerprint density at radius 3 is 0.935 bits per heavy atom. The molecule has 1 amide bonds. The van der Waals surface area contributed by atoms with Crippen LogP contribution in [0.15, 0.2) is 0 Å². The fraction of sp³-hybridized carbons (Fsp3) is 0.986. The van der Waals surface area contributed by atoms with E-state index in [9.17, 15) is 61.0 Å². The molecule has 0 radical (unpaired) electrons. The largest absolute Gasteiger partial charge is 0.394 e. The van der Waals surface area contributed by atoms with Crippen LogP contribution in [0.25, 0.3) is 0 Å². The number of carbonyl (C=O) groups excluding carboxylic acids is 1. The minimum atomic E-state index is -1.97. The molecule has 17 atom stereocenters. The van der Waals surface area contributed by atoms with Crippen LogP contribution in [0.3, 0.4) is 0 Å². The Morgan fingerprint density at radius 1 is 0.344 bits per heavy atom. The van der Waals surface area contributed by atoms with E-state index in [1.807, 2.05) is 0 Å². The molecule has 0 aromatic carbocycles. The molecule has 0 aromatic rings. The van der Waals surface area contributed by atoms with E-state index in [4.69, 9.17) is 28.4 Å². The van der Waals surface area contributed by atoms with E-state index in [1.54, 1.807) is 0 Å². The van der Waals surface area contributed by atoms with Gasteiger partial charge in [-0.15, -0.1) is 0 Å². The van der Waals surface area contributed by atoms with Crippen LogP contribution < -0.4 is 5.32 Å². The van der Waals surface area contributed by atoms with Crippen LogP contribution in [-0.4, -0.2) is 193 Å². The number of amides is 1. The first kappa shape index (κ1) is 86.0. The van der Waals surface area contributed by atoms with Gasteiger partial charge in [-0.3, -0.25) is 4.79 Å². The van der Waals surface area contributed by atoms with Gasteiger partial charge in [0.25, 0.3) is 0 Å². The maximum absolute atomic E-state index is 13.5. The van der Waals surface area contributed by atoms with Crippen LogP contribution in [0.4, 0.5) is 0 Å². The summed E-state index contributed by atoms with van der Waals surface area (Å²) >= 11 is 0. The van der Waals surface area contributed by atoms with E-state index in [2.05, 4.69) is 19.2 Å². The Bertz CT molecular complexity index is 1690. The van der Waals surface area contributed by atoms with Gasteiger partial charge in [0.15, 0.2) is 18.9 Å². The second kappa shape index (κ2) is 56.5. The topological polar surface area (TPSA) is 307 Å². The van der Waals surface area contributed by atoms with Crippen molar-refractivity contribution in [3.8, 4) is 0 Å². The lowest BCUT2D eigenvalue weighted by Gasteiger charge is -2.48. The van der Waals surface area contributed by atoms with Crippen LogP contribution in [-0.2, 0) is 33.2 Å². The summed E-state index contributed by atoms with van der Waals surface area (Å²) in [5.74, 6) is -0.233. The lowest BCUT2D eigenvalue weighted by Crippen LogP contribution is -2.66. The molecule has 3 heterocycles. The summed E-state index contributed by atoms with van der Waals surface area (Å²) in [7, 11) is 0. The third-order valence-corrected chi connectivity index (χ3v) is 19.9. The van der Waals surface area contributed by atoms with Gasteiger partial charge in [-0.1, -0.05) is 316 Å². The SMILES string of the molecule is CCCCCCCCCCCCCCCCCCCCCCCCCCCC(O)C(COC1OC(CO)C(OC2OC(CO)C(OC3OC(CO)C(O)C(O)C3O)C(O)C2O)C(O)C1O)NC(=O)CCCCCCCCCCCCCCCCCCCCCCCCC. The van der Waals surface area contributed by atoms with E-state index >= 15 is 0 Å². The van der Waals surface area contributed by atoms with Crippen molar-refractivity contribution in [3.63, 3.8) is 0 Å². The molecule has 3 aliphatic heterocycles. The lowest BCUT2D eigenvalue weighted by atomic mass is 9.96. The minimum absolute atomic E-state index is 0.233. The molecular weight excluding hydrogens is 1190 g/mol. The molecule has 17 unspecified atom stereocenters. The number of carbonyl (C=O) groups is 1. The summed E-state index contributed by atoms with van der Waals surface area (Å²) in [4.78, 5) is 13.5. The Labute approximate surface area is 563 Å². The van der Waals surface area contributed by atoms with Crippen molar-refractivity contribution in [2.75, 3.05) is 26.4 Å². The number of aliphatic hydroxyl groups is 11. The Kier molecular flexibility index (Phi) is 52.3. The standard InChI is InChI=1S/C74H143NO18/c1-3-5-7-9-11-13-15-17-19-21-23-25-27-28-30-31-33-35-37-39-41-43-45-47-49-51-58(79)57(75-62(80)52-50-48-46-44-42-40-38-36-34-32-29-26-24-22-20-18-16-14-12-10-8-6-4-2)56-88-72-68(86)65(83)70(60(54-77)90-72)93-74-69(87)66(84)71(61(55-78)91-74)92-73-67(85)64(82)63(81)59(53-76)89-73/h57-61,63-74,76-79,81-87H,3-56H2,1-2H3,(H,75,80). The average molecular weight is 1330 g/mol. The zero-order valence-corrected chi connectivity index (χ0v) is 58.8. The van der Waals surface area contributed by atoms with Crippen molar-refractivity contribution >= 4 is 5.91 Å². The van der Waals surface area contributed by atoms with E-state index in [1.165, 1.54) is 257 Å². The predicted molar refractivity (Wildman–Crippen MR) is 365 cm³/mol. The second-order valence-electron chi connectivity index (χ2n) is 28.2. The lowest BCUT2D eigenvalue weighted by molar-refractivity contribution is -0.379. The van der Waals surface area contributed by atoms with Gasteiger partial charge in [0.2, 0.25) is 5.91 Å². The highest BCUT2D eigenvalue weighted by Gasteiger charge is 2.54. The van der Waals surface area contributed by atoms with Crippen LogP contribution in [0, 0.1) is 0 Å². The zero-order chi connectivity index (χ0) is 67.5. The number of hydrogen-bond acceptors (Lipinski definition) is 18. The van der Waals surface area contributed by atoms with Crippen LogP contribution in [0.5, 0.6) is 0 Å². The van der Waals surface area contributed by atoms with E-state index < -0.39 is 124 Å². The molecule has 0 bridgehead atoms. The fourth-order valence-corrected chi connectivity index (χ4v) is 13.7. The normalized spacial score (nSPS) is 27.4. The summed E-state index contributed by atoms with van der Waals surface area (Å²) in [6, 6.07) is -0.883. The van der Waals surface area contributed by atoms with Crippen molar-refractivity contribution in [1.82, 2.24) is 5.32 Å². The van der Waals surface area contributed by atoms with E-state index in [0.29, 0.717) is 12.8 Å². The average Bonchev–Trinajstić information content (AvgIpc) is 0.995. The van der Waals surface area contributed by atoms with Gasteiger partial charge >= 0.3 is 0 Å². The molecule has 3 aliphatic rings. The van der Waals surface area contributed by atoms with Crippen LogP contribution in [0.1, 0.15) is 335 Å². The highest BCUT2D eigenvalue weighted by molar-refractivity contribution is 5.76. The maximum atomic E-state index is 13.5. The number of hydrogen-bond donors (Lipinski definition) is 12. The van der Waals surface area contributed by atoms with Gasteiger partial charge in [-0.2, -0.15) is 0 Å². The maximum Gasteiger partial charge on any atom is 0.220 e. The third-order valence-electron chi connectivity index (χ3n) is 19.9. The van der Waals surface area contributed by atoms with Crippen molar-refractivity contribution < 1.29 is 89.4 Å². The van der Waals surface area contributed by atoms with Gasteiger partial charge in [-0.05, 0) is 12.8 Å². The smallest absolute Gasteiger partial charge is 0.220 e. The van der Waals surface area contributed by atoms with Gasteiger partial charge in [0.05, 0.1) is 38.6 Å². The molecular formula is C74H143NO18. The van der Waals surface area contributed by atoms with Gasteiger partial charge in [0.1, 0.15) is 73.2 Å². The van der Waals surface area contributed by atoms with E-state index in [-0.39, 0.29) is 18.9 Å². The zero-order valence-electron chi connectivity index (χ0n) is 58.8. The second-order valence-corrected chi connectivity index (χ2v) is 28.2. The molecule has 12 N–H and O–H groups in total. The van der Waals surface area contributed by atoms with Crippen molar-refractivity contribution in [2.24, 2.45) is 0 Å². The van der Waals surface area contributed by atoms with Crippen molar-refractivity contribution in [3.05, 3.63) is 0 Å². The highest BCUT2D eigenvalue weighted by atomic mass is 16.8. The first-order valence-electron chi connectivity index (χ1n) is 38.8. The molecule has 0 aromatic heterocycles. The Morgan fingerprint density at radius 2 is 0.613 bits per heavy atom. The molecule has 3 rings (SSSR count). The Hall–Kier alpha value is -1.21. The van der Waals surface area contributed by atoms with Gasteiger partial charge < -0.3 is 89.9 Å². The molecule has 0 spiro atoms. The van der Waals surface area contributed by atoms with Gasteiger partial charge in [-0.25, -0.2) is 0 Å². The summed E-state index contributed by atoms with van der Waals surface area (Å²) in [6.07, 6.45) is 36.1. The van der Waals surface area contributed by atoms with Crippen molar-refractivity contribution in [1.29, 1.82) is 0 Å². The summed E-state index contributed by atoms with van der Waals surface area (Å²) in [6.45, 7) is 1.87. The molecule has 19 heteroatoms. The molecule has 93 heavy (non-hydrogen) atoms. The summed E-state index contributed by atoms with van der Waals surface area (Å²) in [5, 5.41) is 121. The first-order chi connectivity index (χ1) is 45.3.